The first-order chi connectivity index (χ1) is 5.39. The van der Waals surface area contributed by atoms with Gasteiger partial charge in [0.15, 0.2) is 0 Å². The summed E-state index contributed by atoms with van der Waals surface area (Å²) in [5.74, 6) is -0.802. The average molecular weight is 302 g/mol. The van der Waals surface area contributed by atoms with Crippen LogP contribution in [0, 0.1) is 0 Å². The molecule has 0 fully saturated rings. The van der Waals surface area contributed by atoms with Crippen LogP contribution >= 0.6 is 22.6 Å². The lowest BCUT2D eigenvalue weighted by atomic mass is 10.9. The van der Waals surface area contributed by atoms with Crippen molar-refractivity contribution in [2.75, 3.05) is 4.05 Å². The summed E-state index contributed by atoms with van der Waals surface area (Å²) in [5.41, 5.74) is 0. The Morgan fingerprint density at radius 1 is 1.25 bits per heavy atom. The highest BCUT2D eigenvalue weighted by atomic mass is 127. The van der Waals surface area contributed by atoms with Crippen molar-refractivity contribution in [2.45, 2.75) is 20.4 Å². The molecule has 0 N–H and O–H groups in total. The first-order valence-electron chi connectivity index (χ1n) is 3.35. The van der Waals surface area contributed by atoms with Crippen molar-refractivity contribution >= 4 is 43.1 Å². The van der Waals surface area contributed by atoms with E-state index >= 15 is 0 Å². The van der Waals surface area contributed by atoms with Gasteiger partial charge in [0.2, 0.25) is 0 Å². The minimum atomic E-state index is -2.56. The van der Waals surface area contributed by atoms with Gasteiger partial charge in [0.1, 0.15) is 0 Å². The maximum Gasteiger partial charge on any atom is 0.471 e. The third-order valence-electron chi connectivity index (χ3n) is 0.962. The van der Waals surface area contributed by atoms with Crippen LogP contribution in [0.1, 0.15) is 13.8 Å². The van der Waals surface area contributed by atoms with Gasteiger partial charge in [-0.2, -0.15) is 0 Å². The van der Waals surface area contributed by atoms with Crippen molar-refractivity contribution < 1.29 is 18.4 Å². The number of hydrogen-bond donors (Lipinski definition) is 0. The molecule has 4 nitrogen and oxygen atoms in total. The lowest BCUT2D eigenvalue weighted by Crippen LogP contribution is -2.43. The maximum atomic E-state index is 10.6. The number of hydrogen-bond acceptors (Lipinski definition) is 4. The van der Waals surface area contributed by atoms with E-state index in [-0.39, 0.29) is 0 Å². The van der Waals surface area contributed by atoms with Crippen molar-refractivity contribution in [3.63, 3.8) is 0 Å². The van der Waals surface area contributed by atoms with Gasteiger partial charge in [-0.1, -0.05) is 22.6 Å². The molecule has 0 saturated heterocycles. The van der Waals surface area contributed by atoms with Crippen LogP contribution in [0.15, 0.2) is 0 Å². The molecule has 0 aliphatic carbocycles. The molecule has 0 saturated carbocycles. The van der Waals surface area contributed by atoms with Crippen molar-refractivity contribution in [3.8, 4) is 0 Å². The largest absolute Gasteiger partial charge is 0.485 e. The van der Waals surface area contributed by atoms with E-state index in [1.807, 2.05) is 22.6 Å². The average Bonchev–Trinajstić information content (AvgIpc) is 1.83. The predicted molar refractivity (Wildman–Crippen MR) is 54.0 cm³/mol. The fourth-order valence-electron chi connectivity index (χ4n) is 0.683. The highest BCUT2D eigenvalue weighted by Gasteiger charge is 2.36. The summed E-state index contributed by atoms with van der Waals surface area (Å²) in [7, 11) is -2.56. The molecule has 0 atom stereocenters. The summed E-state index contributed by atoms with van der Waals surface area (Å²) in [6.45, 7) is 4.30. The zero-order valence-electron chi connectivity index (χ0n) is 7.22. The van der Waals surface area contributed by atoms with E-state index < -0.39 is 20.5 Å². The van der Waals surface area contributed by atoms with Crippen LogP contribution in [0.4, 0.5) is 0 Å². The quantitative estimate of drug-likeness (QED) is 0.446. The van der Waals surface area contributed by atoms with Crippen molar-refractivity contribution in [1.29, 1.82) is 0 Å². The Morgan fingerprint density at radius 3 is 1.75 bits per heavy atom. The van der Waals surface area contributed by atoms with E-state index in [9.17, 15) is 9.59 Å². The fraction of sp³-hybridized carbons (Fsp3) is 0.667. The molecular formula is C6H11IO4Si. The number of alkyl halides is 1. The molecule has 0 unspecified atom stereocenters. The van der Waals surface area contributed by atoms with E-state index in [0.29, 0.717) is 4.05 Å². The molecule has 70 valence electrons. The van der Waals surface area contributed by atoms with Gasteiger partial charge in [-0.15, -0.1) is 0 Å². The van der Waals surface area contributed by atoms with Crippen molar-refractivity contribution in [1.82, 2.24) is 0 Å². The second-order valence-electron chi connectivity index (χ2n) is 2.45. The van der Waals surface area contributed by atoms with E-state index in [1.54, 1.807) is 6.55 Å². The molecule has 0 aromatic heterocycles. The summed E-state index contributed by atoms with van der Waals surface area (Å²) in [4.78, 5) is 21.2. The molecule has 0 aromatic carbocycles. The van der Waals surface area contributed by atoms with Crippen LogP contribution in [-0.4, -0.2) is 24.6 Å². The molecule has 0 bridgehead atoms. The van der Waals surface area contributed by atoms with Crippen LogP contribution in [0.25, 0.3) is 0 Å². The molecule has 0 radical (unpaired) electrons. The Kier molecular flexibility index (Phi) is 4.76. The van der Waals surface area contributed by atoms with Gasteiger partial charge in [-0.3, -0.25) is 9.59 Å². The van der Waals surface area contributed by atoms with Gasteiger partial charge in [-0.05, 0) is 0 Å². The summed E-state index contributed by atoms with van der Waals surface area (Å²) in [5, 5.41) is 0. The van der Waals surface area contributed by atoms with E-state index in [0.717, 1.165) is 0 Å². The highest BCUT2D eigenvalue weighted by molar-refractivity contribution is 14.1. The van der Waals surface area contributed by atoms with Crippen molar-refractivity contribution in [2.24, 2.45) is 0 Å². The number of carbonyl (C=O) groups excluding carboxylic acids is 2. The molecule has 0 rings (SSSR count). The molecule has 0 spiro atoms. The standard InChI is InChI=1S/C6H11IO4Si/c1-5(8)10-12(3,4-7)11-6(2)9/h4H2,1-3H3. The van der Waals surface area contributed by atoms with Crippen LogP contribution < -0.4 is 0 Å². The minimum absolute atomic E-state index is 0.401. The Labute approximate surface area is 86.0 Å². The molecule has 0 heterocycles. The maximum absolute atomic E-state index is 10.6. The zero-order valence-corrected chi connectivity index (χ0v) is 10.4. The monoisotopic (exact) mass is 302 g/mol. The van der Waals surface area contributed by atoms with Gasteiger partial charge >= 0.3 is 8.56 Å². The highest BCUT2D eigenvalue weighted by Crippen LogP contribution is 2.11. The van der Waals surface area contributed by atoms with E-state index in [4.69, 9.17) is 8.85 Å². The van der Waals surface area contributed by atoms with Gasteiger partial charge < -0.3 is 8.85 Å². The first kappa shape index (κ1) is 11.9. The lowest BCUT2D eigenvalue weighted by Gasteiger charge is -2.22. The molecular weight excluding hydrogens is 291 g/mol. The summed E-state index contributed by atoms with van der Waals surface area (Å²) in [6, 6.07) is 0. The topological polar surface area (TPSA) is 52.6 Å². The van der Waals surface area contributed by atoms with Crippen LogP contribution in [0.5, 0.6) is 0 Å². The Hall–Kier alpha value is -0.113. The molecule has 0 aromatic rings. The molecule has 0 aliphatic rings. The zero-order chi connectivity index (χ0) is 9.78. The summed E-state index contributed by atoms with van der Waals surface area (Å²) >= 11 is 2.04. The number of carbonyl (C=O) groups is 2. The predicted octanol–water partition coefficient (Wildman–Crippen LogP) is 1.16. The molecule has 0 amide bonds. The Balaban J connectivity index is 4.23. The smallest absolute Gasteiger partial charge is 0.471 e. The Bertz CT molecular complexity index is 178. The summed E-state index contributed by atoms with van der Waals surface area (Å²) < 4.78 is 10.4. The van der Waals surface area contributed by atoms with Gasteiger partial charge in [0, 0.05) is 20.4 Å². The second kappa shape index (κ2) is 4.80. The molecule has 6 heteroatoms. The fourth-order valence-corrected chi connectivity index (χ4v) is 2.98. The SMILES string of the molecule is CC(=O)O[Si](C)(CI)OC(C)=O. The Morgan fingerprint density at radius 2 is 1.58 bits per heavy atom. The van der Waals surface area contributed by atoms with Crippen molar-refractivity contribution in [3.05, 3.63) is 0 Å². The van der Waals surface area contributed by atoms with Gasteiger partial charge in [0.05, 0.1) is 4.05 Å². The lowest BCUT2D eigenvalue weighted by molar-refractivity contribution is -0.138. The van der Waals surface area contributed by atoms with Crippen LogP contribution in [-0.2, 0) is 18.4 Å². The molecule has 0 aliphatic heterocycles. The third kappa shape index (κ3) is 4.70. The summed E-state index contributed by atoms with van der Waals surface area (Å²) in [6.07, 6.45) is 0. The van der Waals surface area contributed by atoms with E-state index in [2.05, 4.69) is 0 Å². The number of halogens is 1. The minimum Gasteiger partial charge on any atom is -0.485 e. The normalized spacial score (nSPS) is 10.7. The second-order valence-corrected chi connectivity index (χ2v) is 7.69. The third-order valence-corrected chi connectivity index (χ3v) is 7.04. The first-order valence-corrected chi connectivity index (χ1v) is 7.39. The van der Waals surface area contributed by atoms with Gasteiger partial charge in [-0.25, -0.2) is 0 Å². The number of rotatable bonds is 3. The van der Waals surface area contributed by atoms with Gasteiger partial charge in [0.25, 0.3) is 11.9 Å². The molecule has 12 heavy (non-hydrogen) atoms. The van der Waals surface area contributed by atoms with Crippen LogP contribution in [0.2, 0.25) is 6.55 Å². The van der Waals surface area contributed by atoms with Crippen LogP contribution in [0.3, 0.4) is 0 Å². The van der Waals surface area contributed by atoms with E-state index in [1.165, 1.54) is 13.8 Å².